The summed E-state index contributed by atoms with van der Waals surface area (Å²) in [6, 6.07) is 9.40. The second kappa shape index (κ2) is 5.91. The molecule has 1 aromatic carbocycles. The van der Waals surface area contributed by atoms with Crippen LogP contribution in [0.3, 0.4) is 0 Å². The van der Waals surface area contributed by atoms with E-state index < -0.39 is 5.97 Å². The van der Waals surface area contributed by atoms with Gasteiger partial charge < -0.3 is 10.0 Å². The number of aromatic carboxylic acids is 1. The summed E-state index contributed by atoms with van der Waals surface area (Å²) in [6.07, 6.45) is 4.91. The second-order valence-electron chi connectivity index (χ2n) is 5.15. The van der Waals surface area contributed by atoms with Crippen LogP contribution in [0, 0.1) is 0 Å². The Balaban J connectivity index is 2.04. The summed E-state index contributed by atoms with van der Waals surface area (Å²) in [7, 11) is 0. The van der Waals surface area contributed by atoms with E-state index in [-0.39, 0.29) is 5.56 Å². The molecular formula is C16H17N3O2. The van der Waals surface area contributed by atoms with Crippen LogP contribution in [-0.2, 0) is 0 Å². The maximum atomic E-state index is 11.4. The quantitative estimate of drug-likeness (QED) is 0.938. The number of aromatic nitrogens is 2. The topological polar surface area (TPSA) is 66.3 Å². The highest BCUT2D eigenvalue weighted by atomic mass is 16.4. The van der Waals surface area contributed by atoms with E-state index in [1.54, 1.807) is 0 Å². The van der Waals surface area contributed by atoms with Gasteiger partial charge in [-0.25, -0.2) is 14.8 Å². The van der Waals surface area contributed by atoms with Crippen molar-refractivity contribution in [3.8, 4) is 11.3 Å². The Kier molecular flexibility index (Phi) is 3.81. The van der Waals surface area contributed by atoms with Crippen LogP contribution in [0.25, 0.3) is 11.3 Å². The molecule has 2 aromatic rings. The van der Waals surface area contributed by atoms with Gasteiger partial charge in [-0.1, -0.05) is 30.3 Å². The van der Waals surface area contributed by atoms with Gasteiger partial charge in [0.05, 0.1) is 5.69 Å². The van der Waals surface area contributed by atoms with Gasteiger partial charge in [-0.15, -0.1) is 0 Å². The van der Waals surface area contributed by atoms with Crippen molar-refractivity contribution in [2.24, 2.45) is 0 Å². The van der Waals surface area contributed by atoms with Gasteiger partial charge in [0.15, 0.2) is 0 Å². The summed E-state index contributed by atoms with van der Waals surface area (Å²) in [5.74, 6) is -0.377. The third-order valence-corrected chi connectivity index (χ3v) is 3.69. The first-order valence-electron chi connectivity index (χ1n) is 7.16. The lowest BCUT2D eigenvalue weighted by Crippen LogP contribution is -2.31. The summed E-state index contributed by atoms with van der Waals surface area (Å²) in [5.41, 5.74) is 1.43. The average Bonchev–Trinajstić information content (AvgIpc) is 2.56. The van der Waals surface area contributed by atoms with Crippen LogP contribution in [0.2, 0.25) is 0 Å². The van der Waals surface area contributed by atoms with Crippen molar-refractivity contribution in [1.29, 1.82) is 0 Å². The predicted octanol–water partition coefficient (Wildman–Crippen LogP) is 2.83. The van der Waals surface area contributed by atoms with Gasteiger partial charge >= 0.3 is 5.97 Å². The van der Waals surface area contributed by atoms with Crippen molar-refractivity contribution in [2.45, 2.75) is 19.3 Å². The van der Waals surface area contributed by atoms with E-state index in [2.05, 4.69) is 14.9 Å². The lowest BCUT2D eigenvalue weighted by Gasteiger charge is -2.27. The number of piperidine rings is 1. The van der Waals surface area contributed by atoms with Gasteiger partial charge in [0, 0.05) is 24.8 Å². The monoisotopic (exact) mass is 283 g/mol. The maximum Gasteiger partial charge on any atom is 0.339 e. The largest absolute Gasteiger partial charge is 0.478 e. The summed E-state index contributed by atoms with van der Waals surface area (Å²) in [5, 5.41) is 9.33. The molecule has 5 heteroatoms. The summed E-state index contributed by atoms with van der Waals surface area (Å²) < 4.78 is 0. The number of hydrogen-bond acceptors (Lipinski definition) is 4. The van der Waals surface area contributed by atoms with Gasteiger partial charge in [-0.3, -0.25) is 0 Å². The number of carbonyl (C=O) groups is 1. The molecule has 1 aliphatic rings. The molecule has 1 saturated heterocycles. The molecule has 1 aliphatic heterocycles. The molecule has 0 saturated carbocycles. The number of hydrogen-bond donors (Lipinski definition) is 1. The van der Waals surface area contributed by atoms with E-state index in [0.29, 0.717) is 11.6 Å². The zero-order valence-corrected chi connectivity index (χ0v) is 11.7. The second-order valence-corrected chi connectivity index (χ2v) is 5.15. The molecule has 2 heterocycles. The Labute approximate surface area is 123 Å². The summed E-state index contributed by atoms with van der Waals surface area (Å²) in [6.45, 7) is 1.86. The van der Waals surface area contributed by atoms with Crippen LogP contribution >= 0.6 is 0 Å². The van der Waals surface area contributed by atoms with Gasteiger partial charge in [0.1, 0.15) is 5.56 Å². The highest BCUT2D eigenvalue weighted by molar-refractivity contribution is 5.94. The fourth-order valence-electron chi connectivity index (χ4n) is 2.59. The smallest absolute Gasteiger partial charge is 0.339 e. The van der Waals surface area contributed by atoms with E-state index in [1.807, 2.05) is 30.3 Å². The first-order valence-corrected chi connectivity index (χ1v) is 7.16. The molecule has 0 radical (unpaired) electrons. The van der Waals surface area contributed by atoms with Crippen LogP contribution in [0.4, 0.5) is 5.95 Å². The highest BCUT2D eigenvalue weighted by Crippen LogP contribution is 2.24. The molecule has 0 unspecified atom stereocenters. The van der Waals surface area contributed by atoms with Crippen LogP contribution in [0.15, 0.2) is 36.5 Å². The first-order chi connectivity index (χ1) is 10.3. The van der Waals surface area contributed by atoms with Crippen molar-refractivity contribution in [2.75, 3.05) is 18.0 Å². The fourth-order valence-corrected chi connectivity index (χ4v) is 2.59. The maximum absolute atomic E-state index is 11.4. The van der Waals surface area contributed by atoms with E-state index in [0.717, 1.165) is 31.5 Å². The van der Waals surface area contributed by atoms with Crippen molar-refractivity contribution < 1.29 is 9.90 Å². The third-order valence-electron chi connectivity index (χ3n) is 3.69. The Morgan fingerprint density at radius 1 is 1.10 bits per heavy atom. The molecule has 0 aliphatic carbocycles. The zero-order chi connectivity index (χ0) is 14.7. The molecule has 0 bridgehead atoms. The fraction of sp³-hybridized carbons (Fsp3) is 0.312. The first kappa shape index (κ1) is 13.5. The standard InChI is InChI=1S/C16H17N3O2/c20-15(21)13-11-17-16(19-9-5-2-6-10-19)18-14(13)12-7-3-1-4-8-12/h1,3-4,7-8,11H,2,5-6,9-10H2,(H,20,21). The molecular weight excluding hydrogens is 266 g/mol. The van der Waals surface area contributed by atoms with E-state index in [4.69, 9.17) is 0 Å². The Morgan fingerprint density at radius 2 is 1.81 bits per heavy atom. The lowest BCUT2D eigenvalue weighted by atomic mass is 10.1. The molecule has 3 rings (SSSR count). The number of rotatable bonds is 3. The van der Waals surface area contributed by atoms with Gasteiger partial charge in [0.2, 0.25) is 5.95 Å². The van der Waals surface area contributed by atoms with Gasteiger partial charge in [-0.05, 0) is 19.3 Å². The molecule has 1 N–H and O–H groups in total. The number of benzene rings is 1. The molecule has 0 amide bonds. The molecule has 21 heavy (non-hydrogen) atoms. The number of anilines is 1. The highest BCUT2D eigenvalue weighted by Gasteiger charge is 2.19. The lowest BCUT2D eigenvalue weighted by molar-refractivity contribution is 0.0697. The van der Waals surface area contributed by atoms with E-state index in [9.17, 15) is 9.90 Å². The minimum absolute atomic E-state index is 0.141. The van der Waals surface area contributed by atoms with Crippen molar-refractivity contribution in [3.63, 3.8) is 0 Å². The molecule has 1 aromatic heterocycles. The minimum Gasteiger partial charge on any atom is -0.478 e. The molecule has 0 atom stereocenters. The van der Waals surface area contributed by atoms with Gasteiger partial charge in [0.25, 0.3) is 0 Å². The number of carboxylic acids is 1. The Morgan fingerprint density at radius 3 is 2.48 bits per heavy atom. The normalized spacial score (nSPS) is 15.0. The molecule has 108 valence electrons. The molecule has 5 nitrogen and oxygen atoms in total. The van der Waals surface area contributed by atoms with Gasteiger partial charge in [-0.2, -0.15) is 0 Å². The zero-order valence-electron chi connectivity index (χ0n) is 11.7. The predicted molar refractivity (Wildman–Crippen MR) is 80.5 cm³/mol. The Hall–Kier alpha value is -2.43. The van der Waals surface area contributed by atoms with Crippen molar-refractivity contribution in [3.05, 3.63) is 42.1 Å². The number of carboxylic acid groups (broad SMARTS) is 1. The van der Waals surface area contributed by atoms with Crippen LogP contribution in [0.1, 0.15) is 29.6 Å². The molecule has 1 fully saturated rings. The SMILES string of the molecule is O=C(O)c1cnc(N2CCCCC2)nc1-c1ccccc1. The number of nitrogens with zero attached hydrogens (tertiary/aromatic N) is 3. The van der Waals surface area contributed by atoms with E-state index >= 15 is 0 Å². The van der Waals surface area contributed by atoms with Crippen LogP contribution in [-0.4, -0.2) is 34.1 Å². The van der Waals surface area contributed by atoms with Crippen molar-refractivity contribution in [1.82, 2.24) is 9.97 Å². The third kappa shape index (κ3) is 2.86. The van der Waals surface area contributed by atoms with Crippen molar-refractivity contribution >= 4 is 11.9 Å². The summed E-state index contributed by atoms with van der Waals surface area (Å²) in [4.78, 5) is 22.3. The molecule has 0 spiro atoms. The van der Waals surface area contributed by atoms with Crippen LogP contribution < -0.4 is 4.90 Å². The minimum atomic E-state index is -1.00. The summed E-state index contributed by atoms with van der Waals surface area (Å²) >= 11 is 0. The Bertz CT molecular complexity index is 637. The average molecular weight is 283 g/mol. The van der Waals surface area contributed by atoms with E-state index in [1.165, 1.54) is 12.6 Å². The van der Waals surface area contributed by atoms with Crippen LogP contribution in [0.5, 0.6) is 0 Å².